The third-order valence-corrected chi connectivity index (χ3v) is 7.14. The van der Waals surface area contributed by atoms with Gasteiger partial charge in [-0.05, 0) is 49.6 Å². The molecule has 0 aliphatic heterocycles. The normalized spacial score (nSPS) is 12.0. The Morgan fingerprint density at radius 1 is 1.14 bits per heavy atom. The van der Waals surface area contributed by atoms with Gasteiger partial charge in [0.15, 0.2) is 0 Å². The molecule has 0 heterocycles. The third-order valence-electron chi connectivity index (χ3n) is 5.46. The molecule has 0 bridgehead atoms. The Hall–Kier alpha value is -2.59. The van der Waals surface area contributed by atoms with E-state index in [9.17, 15) is 18.0 Å². The maximum absolute atomic E-state index is 13.3. The summed E-state index contributed by atoms with van der Waals surface area (Å²) in [5, 5.41) is 2.85. The van der Waals surface area contributed by atoms with Crippen LogP contribution in [0.1, 0.15) is 38.7 Å². The summed E-state index contributed by atoms with van der Waals surface area (Å²) in [6.45, 7) is 4.57. The summed E-state index contributed by atoms with van der Waals surface area (Å²) in [5.74, 6) is -0.0127. The first kappa shape index (κ1) is 28.6. The lowest BCUT2D eigenvalue weighted by Crippen LogP contribution is -2.47. The average Bonchev–Trinajstić information content (AvgIpc) is 2.82. The minimum absolute atomic E-state index is 0.0839. The number of sulfonamides is 1. The molecule has 1 unspecified atom stereocenters. The Morgan fingerprint density at radius 2 is 1.86 bits per heavy atom. The zero-order valence-electron chi connectivity index (χ0n) is 20.7. The Morgan fingerprint density at radius 3 is 2.49 bits per heavy atom. The predicted octanol–water partition coefficient (Wildman–Crippen LogP) is 3.95. The van der Waals surface area contributed by atoms with Crippen molar-refractivity contribution in [3.8, 4) is 5.75 Å². The summed E-state index contributed by atoms with van der Waals surface area (Å²) in [7, 11) is -2.12. The van der Waals surface area contributed by atoms with E-state index in [1.165, 1.54) is 11.4 Å². The number of para-hydroxylation sites is 2. The number of hydrogen-bond donors (Lipinski definition) is 1. The molecule has 8 nitrogen and oxygen atoms in total. The van der Waals surface area contributed by atoms with Crippen LogP contribution >= 0.6 is 15.9 Å². The summed E-state index contributed by atoms with van der Waals surface area (Å²) in [4.78, 5) is 27.5. The van der Waals surface area contributed by atoms with E-state index >= 15 is 0 Å². The number of amides is 2. The predicted molar refractivity (Wildman–Crippen MR) is 142 cm³/mol. The maximum Gasteiger partial charge on any atom is 0.242 e. The lowest BCUT2D eigenvalue weighted by molar-refractivity contribution is -0.140. The van der Waals surface area contributed by atoms with Crippen LogP contribution in [0.5, 0.6) is 5.75 Å². The van der Waals surface area contributed by atoms with Crippen molar-refractivity contribution in [1.82, 2.24) is 10.2 Å². The quantitative estimate of drug-likeness (QED) is 0.395. The van der Waals surface area contributed by atoms with Gasteiger partial charge in [-0.2, -0.15) is 0 Å². The number of halogens is 1. The van der Waals surface area contributed by atoms with Gasteiger partial charge in [-0.25, -0.2) is 8.42 Å². The summed E-state index contributed by atoms with van der Waals surface area (Å²) >= 11 is 3.44. The third kappa shape index (κ3) is 8.54. The number of nitrogens with zero attached hydrogens (tertiary/aromatic N) is 2. The number of nitrogens with one attached hydrogen (secondary N) is 1. The number of anilines is 1. The van der Waals surface area contributed by atoms with Gasteiger partial charge in [0.25, 0.3) is 0 Å². The van der Waals surface area contributed by atoms with Crippen LogP contribution in [0.3, 0.4) is 0 Å². The van der Waals surface area contributed by atoms with Crippen LogP contribution < -0.4 is 14.4 Å². The number of methoxy groups -OCH3 is 1. The maximum atomic E-state index is 13.3. The fraction of sp³-hybridized carbons (Fsp3) is 0.440. The van der Waals surface area contributed by atoms with Gasteiger partial charge in [0.1, 0.15) is 11.8 Å². The van der Waals surface area contributed by atoms with Crippen LogP contribution in [0.15, 0.2) is 53.0 Å². The zero-order chi connectivity index (χ0) is 26.0. The Labute approximate surface area is 216 Å². The zero-order valence-corrected chi connectivity index (χ0v) is 23.1. The highest BCUT2D eigenvalue weighted by molar-refractivity contribution is 9.10. The summed E-state index contributed by atoms with van der Waals surface area (Å²) in [6, 6.07) is 13.8. The van der Waals surface area contributed by atoms with Gasteiger partial charge in [0.05, 0.1) is 19.1 Å². The molecule has 0 spiro atoms. The first-order valence-corrected chi connectivity index (χ1v) is 14.1. The van der Waals surface area contributed by atoms with Crippen LogP contribution in [-0.4, -0.2) is 57.6 Å². The fourth-order valence-corrected chi connectivity index (χ4v) is 5.04. The number of hydrogen-bond acceptors (Lipinski definition) is 5. The molecule has 35 heavy (non-hydrogen) atoms. The highest BCUT2D eigenvalue weighted by Gasteiger charge is 2.27. The van der Waals surface area contributed by atoms with E-state index in [4.69, 9.17) is 4.74 Å². The van der Waals surface area contributed by atoms with Crippen molar-refractivity contribution < 1.29 is 22.7 Å². The van der Waals surface area contributed by atoms with Crippen molar-refractivity contribution in [2.75, 3.05) is 30.8 Å². The van der Waals surface area contributed by atoms with Crippen molar-refractivity contribution in [3.05, 3.63) is 58.6 Å². The van der Waals surface area contributed by atoms with Crippen LogP contribution in [0.4, 0.5) is 5.69 Å². The Balaban J connectivity index is 2.18. The van der Waals surface area contributed by atoms with Crippen LogP contribution in [-0.2, 0) is 26.2 Å². The standard InChI is InChI=1S/C25H34BrN3O5S/c1-5-15-27-25(31)19(2)28(18-20-10-8-11-21(26)17-20)24(30)14-9-16-29(35(4,32)33)22-12-6-7-13-23(22)34-3/h6-8,10-13,17,19H,5,9,14-16,18H2,1-4H3,(H,27,31). The number of benzene rings is 2. The van der Waals surface area contributed by atoms with Crippen LogP contribution in [0.25, 0.3) is 0 Å². The SMILES string of the molecule is CCCNC(=O)C(C)N(Cc1cccc(Br)c1)C(=O)CCCN(c1ccccc1OC)S(C)(=O)=O. The lowest BCUT2D eigenvalue weighted by Gasteiger charge is -2.29. The Bertz CT molecular complexity index is 1110. The molecule has 1 N–H and O–H groups in total. The second kappa shape index (κ2) is 13.5. The number of rotatable bonds is 13. The summed E-state index contributed by atoms with van der Waals surface area (Å²) in [5.41, 5.74) is 1.30. The first-order chi connectivity index (χ1) is 16.6. The van der Waals surface area contributed by atoms with Gasteiger partial charge in [0, 0.05) is 30.5 Å². The summed E-state index contributed by atoms with van der Waals surface area (Å²) in [6.07, 6.45) is 2.28. The monoisotopic (exact) mass is 567 g/mol. The number of carbonyl (C=O) groups excluding carboxylic acids is 2. The highest BCUT2D eigenvalue weighted by Crippen LogP contribution is 2.29. The van der Waals surface area contributed by atoms with E-state index in [1.54, 1.807) is 36.1 Å². The molecular weight excluding hydrogens is 534 g/mol. The molecule has 2 aromatic rings. The molecule has 2 amide bonds. The number of ether oxygens (including phenoxy) is 1. The lowest BCUT2D eigenvalue weighted by atomic mass is 10.1. The topological polar surface area (TPSA) is 96.0 Å². The molecule has 10 heteroatoms. The van der Waals surface area contributed by atoms with E-state index in [0.29, 0.717) is 18.0 Å². The van der Waals surface area contributed by atoms with Gasteiger partial charge in [-0.15, -0.1) is 0 Å². The minimum atomic E-state index is -3.60. The second-order valence-corrected chi connectivity index (χ2v) is 11.1. The van der Waals surface area contributed by atoms with E-state index < -0.39 is 16.1 Å². The van der Waals surface area contributed by atoms with E-state index in [1.807, 2.05) is 31.2 Å². The molecule has 0 radical (unpaired) electrons. The molecular formula is C25H34BrN3O5S. The fourth-order valence-electron chi connectivity index (χ4n) is 3.63. The first-order valence-electron chi connectivity index (χ1n) is 11.5. The molecule has 2 aromatic carbocycles. The van der Waals surface area contributed by atoms with E-state index in [0.717, 1.165) is 22.7 Å². The molecule has 0 aliphatic carbocycles. The van der Waals surface area contributed by atoms with Crippen LogP contribution in [0.2, 0.25) is 0 Å². The second-order valence-electron chi connectivity index (χ2n) is 8.23. The molecule has 2 rings (SSSR count). The number of carbonyl (C=O) groups is 2. The molecule has 1 atom stereocenters. The Kier molecular flexibility index (Phi) is 11.0. The molecule has 0 saturated heterocycles. The van der Waals surface area contributed by atoms with Gasteiger partial charge in [-0.3, -0.25) is 13.9 Å². The largest absolute Gasteiger partial charge is 0.495 e. The van der Waals surface area contributed by atoms with E-state index in [2.05, 4.69) is 21.2 Å². The van der Waals surface area contributed by atoms with Crippen molar-refractivity contribution in [2.24, 2.45) is 0 Å². The molecule has 0 saturated carbocycles. The van der Waals surface area contributed by atoms with Crippen molar-refractivity contribution >= 4 is 43.5 Å². The average molecular weight is 569 g/mol. The van der Waals surface area contributed by atoms with Gasteiger partial charge in [-0.1, -0.05) is 47.1 Å². The van der Waals surface area contributed by atoms with Gasteiger partial charge >= 0.3 is 0 Å². The molecule has 192 valence electrons. The van der Waals surface area contributed by atoms with Gasteiger partial charge < -0.3 is 15.0 Å². The molecule has 0 aromatic heterocycles. The summed E-state index contributed by atoms with van der Waals surface area (Å²) < 4.78 is 32.4. The van der Waals surface area contributed by atoms with Crippen LogP contribution in [0, 0.1) is 0 Å². The van der Waals surface area contributed by atoms with Gasteiger partial charge in [0.2, 0.25) is 21.8 Å². The van der Waals surface area contributed by atoms with E-state index in [-0.39, 0.29) is 37.7 Å². The minimum Gasteiger partial charge on any atom is -0.495 e. The molecule has 0 aliphatic rings. The highest BCUT2D eigenvalue weighted by atomic mass is 79.9. The van der Waals surface area contributed by atoms with Crippen molar-refractivity contribution in [3.63, 3.8) is 0 Å². The smallest absolute Gasteiger partial charge is 0.242 e. The van der Waals surface area contributed by atoms with Crippen molar-refractivity contribution in [1.29, 1.82) is 0 Å². The molecule has 0 fully saturated rings. The van der Waals surface area contributed by atoms with Crippen molar-refractivity contribution in [2.45, 2.75) is 45.7 Å².